The molecular formula is C16H18O2S2. The largest absolute Gasteiger partial charge is 0.375 e. The average molecular weight is 306 g/mol. The molecule has 106 valence electrons. The van der Waals surface area contributed by atoms with Crippen LogP contribution in [0.1, 0.15) is 48.2 Å². The molecule has 1 unspecified atom stereocenters. The molecular weight excluding hydrogens is 288 g/mol. The van der Waals surface area contributed by atoms with E-state index in [4.69, 9.17) is 4.74 Å². The third-order valence-electron chi connectivity index (χ3n) is 4.76. The van der Waals surface area contributed by atoms with Crippen molar-refractivity contribution in [2.45, 2.75) is 44.1 Å². The summed E-state index contributed by atoms with van der Waals surface area (Å²) in [6.07, 6.45) is 6.65. The lowest BCUT2D eigenvalue weighted by molar-refractivity contribution is -0.0865. The van der Waals surface area contributed by atoms with E-state index < -0.39 is 0 Å². The molecule has 1 atom stereocenters. The highest BCUT2D eigenvalue weighted by molar-refractivity contribution is 7.27. The first-order valence-corrected chi connectivity index (χ1v) is 9.11. The van der Waals surface area contributed by atoms with Gasteiger partial charge >= 0.3 is 0 Å². The summed E-state index contributed by atoms with van der Waals surface area (Å²) < 4.78 is 8.54. The minimum Gasteiger partial charge on any atom is -0.375 e. The van der Waals surface area contributed by atoms with Crippen molar-refractivity contribution in [3.05, 3.63) is 22.4 Å². The molecule has 1 spiro atoms. The van der Waals surface area contributed by atoms with Crippen LogP contribution in [0.4, 0.5) is 0 Å². The summed E-state index contributed by atoms with van der Waals surface area (Å²) in [6, 6.07) is 4.20. The van der Waals surface area contributed by atoms with E-state index in [0.717, 1.165) is 37.2 Å². The minimum absolute atomic E-state index is 0.0349. The molecule has 0 N–H and O–H groups in total. The Balaban J connectivity index is 1.57. The summed E-state index contributed by atoms with van der Waals surface area (Å²) in [6.45, 7) is 0.760. The van der Waals surface area contributed by atoms with Crippen molar-refractivity contribution in [3.63, 3.8) is 0 Å². The van der Waals surface area contributed by atoms with Crippen LogP contribution in [-0.2, 0) is 4.74 Å². The van der Waals surface area contributed by atoms with Gasteiger partial charge in [-0.05, 0) is 43.2 Å². The van der Waals surface area contributed by atoms with Crippen molar-refractivity contribution in [2.75, 3.05) is 6.61 Å². The Morgan fingerprint density at radius 3 is 2.95 bits per heavy atom. The first-order valence-electron chi connectivity index (χ1n) is 7.41. The first kappa shape index (κ1) is 13.0. The predicted octanol–water partition coefficient (Wildman–Crippen LogP) is 4.88. The number of Topliss-reactive ketones (excluding diaryl/α,β-unsaturated/α-hetero) is 1. The van der Waals surface area contributed by atoms with Crippen molar-refractivity contribution >= 4 is 37.9 Å². The SMILES string of the molecule is O=C(c1cc2sccc2s1)C1CCOC2(CCCC2)C1. The summed E-state index contributed by atoms with van der Waals surface area (Å²) in [5, 5.41) is 2.09. The summed E-state index contributed by atoms with van der Waals surface area (Å²) in [4.78, 5) is 13.7. The fourth-order valence-corrected chi connectivity index (χ4v) is 5.84. The molecule has 0 amide bonds. The molecule has 1 aliphatic heterocycles. The maximum absolute atomic E-state index is 12.8. The standard InChI is InChI=1S/C16H18O2S2/c17-15(14-9-13-12(20-14)4-8-19-13)11-3-7-18-16(10-11)5-1-2-6-16/h4,8-9,11H,1-3,5-7,10H2. The average Bonchev–Trinajstić information content (AvgIpc) is 3.13. The molecule has 2 aromatic heterocycles. The van der Waals surface area contributed by atoms with Crippen molar-refractivity contribution < 1.29 is 9.53 Å². The second kappa shape index (κ2) is 4.93. The van der Waals surface area contributed by atoms with E-state index in [-0.39, 0.29) is 11.5 Å². The van der Waals surface area contributed by atoms with Gasteiger partial charge in [-0.15, -0.1) is 22.7 Å². The van der Waals surface area contributed by atoms with Gasteiger partial charge in [-0.1, -0.05) is 12.8 Å². The minimum atomic E-state index is 0.0349. The van der Waals surface area contributed by atoms with E-state index in [2.05, 4.69) is 17.5 Å². The zero-order chi connectivity index (χ0) is 13.6. The second-order valence-electron chi connectivity index (χ2n) is 6.05. The van der Waals surface area contributed by atoms with Gasteiger partial charge in [0.2, 0.25) is 0 Å². The zero-order valence-corrected chi connectivity index (χ0v) is 13.0. The van der Waals surface area contributed by atoms with Crippen LogP contribution in [0.5, 0.6) is 0 Å². The molecule has 2 fully saturated rings. The maximum Gasteiger partial charge on any atom is 0.176 e. The molecule has 2 aromatic rings. The van der Waals surface area contributed by atoms with Crippen molar-refractivity contribution in [3.8, 4) is 0 Å². The number of thiophene rings is 2. The molecule has 2 aliphatic rings. The van der Waals surface area contributed by atoms with Crippen LogP contribution in [0, 0.1) is 5.92 Å². The van der Waals surface area contributed by atoms with E-state index in [0.29, 0.717) is 5.78 Å². The number of fused-ring (bicyclic) bond motifs is 1. The van der Waals surface area contributed by atoms with E-state index in [1.807, 2.05) is 0 Å². The lowest BCUT2D eigenvalue weighted by Crippen LogP contribution is -2.39. The Hall–Kier alpha value is -0.710. The van der Waals surface area contributed by atoms with Gasteiger partial charge in [0.15, 0.2) is 5.78 Å². The Kier molecular flexibility index (Phi) is 3.20. The lowest BCUT2D eigenvalue weighted by atomic mass is 9.82. The molecule has 0 aromatic carbocycles. The highest BCUT2D eigenvalue weighted by Crippen LogP contribution is 2.43. The number of ketones is 1. The lowest BCUT2D eigenvalue weighted by Gasteiger charge is -2.37. The fourth-order valence-electron chi connectivity index (χ4n) is 3.71. The van der Waals surface area contributed by atoms with E-state index in [9.17, 15) is 4.79 Å². The van der Waals surface area contributed by atoms with Crippen LogP contribution < -0.4 is 0 Å². The Morgan fingerprint density at radius 1 is 1.30 bits per heavy atom. The van der Waals surface area contributed by atoms with Crippen molar-refractivity contribution in [1.29, 1.82) is 0 Å². The monoisotopic (exact) mass is 306 g/mol. The highest BCUT2D eigenvalue weighted by atomic mass is 32.1. The van der Waals surface area contributed by atoms with E-state index in [1.54, 1.807) is 22.7 Å². The number of ether oxygens (including phenoxy) is 1. The Bertz CT molecular complexity index is 605. The molecule has 0 radical (unpaired) electrons. The van der Waals surface area contributed by atoms with Gasteiger partial charge in [-0.3, -0.25) is 4.79 Å². The van der Waals surface area contributed by atoms with Crippen LogP contribution in [0.15, 0.2) is 17.5 Å². The summed E-state index contributed by atoms with van der Waals surface area (Å²) in [5.41, 5.74) is 0.0349. The van der Waals surface area contributed by atoms with Crippen LogP contribution in [0.2, 0.25) is 0 Å². The Labute approximate surface area is 126 Å². The molecule has 20 heavy (non-hydrogen) atoms. The highest BCUT2D eigenvalue weighted by Gasteiger charge is 2.42. The Morgan fingerprint density at radius 2 is 2.15 bits per heavy atom. The summed E-state index contributed by atoms with van der Waals surface area (Å²) in [5.74, 6) is 0.530. The van der Waals surface area contributed by atoms with E-state index >= 15 is 0 Å². The van der Waals surface area contributed by atoms with Gasteiger partial charge in [0.05, 0.1) is 10.5 Å². The van der Waals surface area contributed by atoms with E-state index in [1.165, 1.54) is 22.2 Å². The zero-order valence-electron chi connectivity index (χ0n) is 11.4. The molecule has 4 rings (SSSR count). The third-order valence-corrected chi connectivity index (χ3v) is 6.87. The summed E-state index contributed by atoms with van der Waals surface area (Å²) in [7, 11) is 0. The van der Waals surface area contributed by atoms with Crippen LogP contribution >= 0.6 is 22.7 Å². The molecule has 1 aliphatic carbocycles. The van der Waals surface area contributed by atoms with Gasteiger partial charge in [0.1, 0.15) is 0 Å². The van der Waals surface area contributed by atoms with Crippen molar-refractivity contribution in [2.24, 2.45) is 5.92 Å². The molecule has 2 nitrogen and oxygen atoms in total. The third kappa shape index (κ3) is 2.14. The summed E-state index contributed by atoms with van der Waals surface area (Å²) >= 11 is 3.38. The number of carbonyl (C=O) groups is 1. The quantitative estimate of drug-likeness (QED) is 0.739. The van der Waals surface area contributed by atoms with Gasteiger partial charge in [0, 0.05) is 21.9 Å². The topological polar surface area (TPSA) is 26.3 Å². The van der Waals surface area contributed by atoms with Crippen LogP contribution in [-0.4, -0.2) is 18.0 Å². The number of hydrogen-bond acceptors (Lipinski definition) is 4. The predicted molar refractivity (Wildman–Crippen MR) is 83.9 cm³/mol. The molecule has 4 heteroatoms. The smallest absolute Gasteiger partial charge is 0.176 e. The number of carbonyl (C=O) groups excluding carboxylic acids is 1. The normalized spacial score (nSPS) is 25.5. The van der Waals surface area contributed by atoms with Gasteiger partial charge in [0.25, 0.3) is 0 Å². The fraction of sp³-hybridized carbons (Fsp3) is 0.562. The maximum atomic E-state index is 12.8. The first-order chi connectivity index (χ1) is 9.76. The van der Waals surface area contributed by atoms with Crippen molar-refractivity contribution in [1.82, 2.24) is 0 Å². The molecule has 1 saturated carbocycles. The van der Waals surface area contributed by atoms with Crippen LogP contribution in [0.25, 0.3) is 9.40 Å². The molecule has 3 heterocycles. The van der Waals surface area contributed by atoms with Gasteiger partial charge in [-0.25, -0.2) is 0 Å². The number of rotatable bonds is 2. The molecule has 0 bridgehead atoms. The van der Waals surface area contributed by atoms with Crippen LogP contribution in [0.3, 0.4) is 0 Å². The second-order valence-corrected chi connectivity index (χ2v) is 8.08. The van der Waals surface area contributed by atoms with Gasteiger partial charge in [-0.2, -0.15) is 0 Å². The number of hydrogen-bond donors (Lipinski definition) is 0. The van der Waals surface area contributed by atoms with Gasteiger partial charge < -0.3 is 4.74 Å². The molecule has 1 saturated heterocycles.